The summed E-state index contributed by atoms with van der Waals surface area (Å²) in [5.74, 6) is -1.14. The Balaban J connectivity index is 2.18. The third kappa shape index (κ3) is 4.93. The highest BCUT2D eigenvalue weighted by Gasteiger charge is 2.27. The van der Waals surface area contributed by atoms with Gasteiger partial charge in [0.25, 0.3) is 0 Å². The fourth-order valence-corrected chi connectivity index (χ4v) is 2.52. The molecule has 24 heavy (non-hydrogen) atoms. The van der Waals surface area contributed by atoms with Crippen molar-refractivity contribution < 1.29 is 19.1 Å². The minimum absolute atomic E-state index is 0.311. The first-order chi connectivity index (χ1) is 11.6. The van der Waals surface area contributed by atoms with Crippen molar-refractivity contribution in [2.45, 2.75) is 25.9 Å². The van der Waals surface area contributed by atoms with Crippen LogP contribution in [0.4, 0.5) is 0 Å². The van der Waals surface area contributed by atoms with Gasteiger partial charge in [0.1, 0.15) is 0 Å². The van der Waals surface area contributed by atoms with Crippen LogP contribution in [0.1, 0.15) is 41.8 Å². The lowest BCUT2D eigenvalue weighted by molar-refractivity contribution is -0.154. The van der Waals surface area contributed by atoms with Crippen LogP contribution < -0.4 is 0 Å². The first-order valence-electron chi connectivity index (χ1n) is 7.80. The van der Waals surface area contributed by atoms with Crippen molar-refractivity contribution in [3.05, 3.63) is 70.2 Å². The number of benzene rings is 2. The predicted molar refractivity (Wildman–Crippen MR) is 94.6 cm³/mol. The van der Waals surface area contributed by atoms with Gasteiger partial charge in [-0.05, 0) is 34.5 Å². The molecule has 0 saturated carbocycles. The molecule has 0 bridgehead atoms. The molecule has 2 aromatic carbocycles. The Morgan fingerprint density at radius 3 is 2.38 bits per heavy atom. The second kappa shape index (κ2) is 9.23. The van der Waals surface area contributed by atoms with Crippen LogP contribution in [-0.4, -0.2) is 18.5 Å². The Labute approximate surface area is 149 Å². The SMILES string of the molecule is CCCCOC(=O)C(OC(=O)c1ccccc1Br)c1ccccc1. The van der Waals surface area contributed by atoms with E-state index in [4.69, 9.17) is 9.47 Å². The maximum atomic E-state index is 12.4. The highest BCUT2D eigenvalue weighted by atomic mass is 79.9. The second-order valence-corrected chi connectivity index (χ2v) is 6.05. The van der Waals surface area contributed by atoms with E-state index >= 15 is 0 Å². The van der Waals surface area contributed by atoms with E-state index in [0.29, 0.717) is 22.2 Å². The minimum Gasteiger partial charge on any atom is -0.463 e. The summed E-state index contributed by atoms with van der Waals surface area (Å²) in [7, 11) is 0. The van der Waals surface area contributed by atoms with Gasteiger partial charge in [0.15, 0.2) is 0 Å². The normalized spacial score (nSPS) is 11.6. The average molecular weight is 391 g/mol. The van der Waals surface area contributed by atoms with E-state index in [1.54, 1.807) is 48.5 Å². The zero-order valence-electron chi connectivity index (χ0n) is 13.4. The molecule has 1 atom stereocenters. The Morgan fingerprint density at radius 2 is 1.71 bits per heavy atom. The van der Waals surface area contributed by atoms with Gasteiger partial charge < -0.3 is 9.47 Å². The Hall–Kier alpha value is -2.14. The van der Waals surface area contributed by atoms with Crippen LogP contribution in [-0.2, 0) is 14.3 Å². The number of hydrogen-bond donors (Lipinski definition) is 0. The monoisotopic (exact) mass is 390 g/mol. The molecule has 4 nitrogen and oxygen atoms in total. The minimum atomic E-state index is -1.08. The maximum absolute atomic E-state index is 12.4. The lowest BCUT2D eigenvalue weighted by atomic mass is 10.1. The number of carbonyl (C=O) groups excluding carboxylic acids is 2. The van der Waals surface area contributed by atoms with Gasteiger partial charge in [0.05, 0.1) is 12.2 Å². The van der Waals surface area contributed by atoms with Crippen molar-refractivity contribution in [2.24, 2.45) is 0 Å². The zero-order valence-corrected chi connectivity index (χ0v) is 15.0. The van der Waals surface area contributed by atoms with Crippen LogP contribution in [0.2, 0.25) is 0 Å². The summed E-state index contributed by atoms with van der Waals surface area (Å²) in [6.45, 7) is 2.32. The highest BCUT2D eigenvalue weighted by Crippen LogP contribution is 2.24. The van der Waals surface area contributed by atoms with Crippen molar-refractivity contribution in [3.63, 3.8) is 0 Å². The van der Waals surface area contributed by atoms with Gasteiger partial charge in [0.2, 0.25) is 6.10 Å². The van der Waals surface area contributed by atoms with Gasteiger partial charge in [-0.25, -0.2) is 9.59 Å². The molecule has 0 fully saturated rings. The topological polar surface area (TPSA) is 52.6 Å². The summed E-state index contributed by atoms with van der Waals surface area (Å²) in [6.07, 6.45) is 0.605. The van der Waals surface area contributed by atoms with E-state index in [0.717, 1.165) is 12.8 Å². The fourth-order valence-electron chi connectivity index (χ4n) is 2.07. The molecule has 2 aromatic rings. The van der Waals surface area contributed by atoms with Gasteiger partial charge in [0, 0.05) is 10.0 Å². The molecule has 0 amide bonds. The second-order valence-electron chi connectivity index (χ2n) is 5.20. The lowest BCUT2D eigenvalue weighted by Crippen LogP contribution is -2.22. The molecule has 5 heteroatoms. The van der Waals surface area contributed by atoms with E-state index < -0.39 is 18.0 Å². The standard InChI is InChI=1S/C19H19BrO4/c1-2-3-13-23-19(22)17(14-9-5-4-6-10-14)24-18(21)15-11-7-8-12-16(15)20/h4-12,17H,2-3,13H2,1H3. The van der Waals surface area contributed by atoms with E-state index in [2.05, 4.69) is 15.9 Å². The third-order valence-electron chi connectivity index (χ3n) is 3.38. The number of rotatable bonds is 7. The fraction of sp³-hybridized carbons (Fsp3) is 0.263. The van der Waals surface area contributed by atoms with Crippen molar-refractivity contribution in [3.8, 4) is 0 Å². The Morgan fingerprint density at radius 1 is 1.04 bits per heavy atom. The number of unbranched alkanes of at least 4 members (excludes halogenated alkanes) is 1. The summed E-state index contributed by atoms with van der Waals surface area (Å²) in [5, 5.41) is 0. The van der Waals surface area contributed by atoms with Gasteiger partial charge in [-0.3, -0.25) is 0 Å². The van der Waals surface area contributed by atoms with Crippen LogP contribution in [0.15, 0.2) is 59.1 Å². The van der Waals surface area contributed by atoms with E-state index in [1.165, 1.54) is 0 Å². The van der Waals surface area contributed by atoms with Crippen molar-refractivity contribution in [1.82, 2.24) is 0 Å². The molecule has 0 N–H and O–H groups in total. The molecule has 0 aromatic heterocycles. The van der Waals surface area contributed by atoms with Crippen molar-refractivity contribution in [1.29, 1.82) is 0 Å². The molecule has 1 unspecified atom stereocenters. The molecule has 0 saturated heterocycles. The van der Waals surface area contributed by atoms with Crippen LogP contribution in [0, 0.1) is 0 Å². The quantitative estimate of drug-likeness (QED) is 0.508. The van der Waals surface area contributed by atoms with E-state index in [9.17, 15) is 9.59 Å². The van der Waals surface area contributed by atoms with Crippen molar-refractivity contribution in [2.75, 3.05) is 6.61 Å². The van der Waals surface area contributed by atoms with Crippen LogP contribution in [0.5, 0.6) is 0 Å². The highest BCUT2D eigenvalue weighted by molar-refractivity contribution is 9.10. The molecular formula is C19H19BrO4. The lowest BCUT2D eigenvalue weighted by Gasteiger charge is -2.17. The maximum Gasteiger partial charge on any atom is 0.352 e. The van der Waals surface area contributed by atoms with Gasteiger partial charge in [-0.1, -0.05) is 55.8 Å². The third-order valence-corrected chi connectivity index (χ3v) is 4.07. The first kappa shape index (κ1) is 18.2. The smallest absolute Gasteiger partial charge is 0.352 e. The molecule has 0 aliphatic carbocycles. The van der Waals surface area contributed by atoms with Gasteiger partial charge in [-0.2, -0.15) is 0 Å². The van der Waals surface area contributed by atoms with E-state index in [1.807, 2.05) is 13.0 Å². The summed E-state index contributed by atoms with van der Waals surface area (Å²) >= 11 is 3.31. The summed E-state index contributed by atoms with van der Waals surface area (Å²) in [6, 6.07) is 15.8. The number of ether oxygens (including phenoxy) is 2. The van der Waals surface area contributed by atoms with Crippen LogP contribution in [0.25, 0.3) is 0 Å². The number of carbonyl (C=O) groups is 2. The Bertz CT molecular complexity index is 685. The summed E-state index contributed by atoms with van der Waals surface area (Å²) in [4.78, 5) is 24.8. The van der Waals surface area contributed by atoms with Gasteiger partial charge in [-0.15, -0.1) is 0 Å². The van der Waals surface area contributed by atoms with Crippen molar-refractivity contribution >= 4 is 27.9 Å². The molecule has 0 heterocycles. The Kier molecular flexibility index (Phi) is 7.00. The van der Waals surface area contributed by atoms with Crippen LogP contribution >= 0.6 is 15.9 Å². The first-order valence-corrected chi connectivity index (χ1v) is 8.60. The molecule has 0 spiro atoms. The molecule has 0 radical (unpaired) electrons. The predicted octanol–water partition coefficient (Wildman–Crippen LogP) is 4.69. The van der Waals surface area contributed by atoms with Crippen LogP contribution in [0.3, 0.4) is 0 Å². The molecule has 126 valence electrons. The molecular weight excluding hydrogens is 372 g/mol. The molecule has 0 aliphatic rings. The van der Waals surface area contributed by atoms with E-state index in [-0.39, 0.29) is 0 Å². The molecule has 2 rings (SSSR count). The number of hydrogen-bond acceptors (Lipinski definition) is 4. The zero-order chi connectivity index (χ0) is 17.4. The largest absolute Gasteiger partial charge is 0.463 e. The van der Waals surface area contributed by atoms with Gasteiger partial charge >= 0.3 is 11.9 Å². The summed E-state index contributed by atoms with van der Waals surface area (Å²) < 4.78 is 11.3. The number of esters is 2. The average Bonchev–Trinajstić information content (AvgIpc) is 2.60. The summed E-state index contributed by atoms with van der Waals surface area (Å²) in [5.41, 5.74) is 0.944. The number of halogens is 1. The molecule has 0 aliphatic heterocycles.